The predicted molar refractivity (Wildman–Crippen MR) is 120 cm³/mol. The van der Waals surface area contributed by atoms with Crippen LogP contribution in [0.2, 0.25) is 0 Å². The molecule has 1 aliphatic carbocycles. The molecule has 1 aliphatic rings. The molecule has 3 aromatic heterocycles. The fourth-order valence-corrected chi connectivity index (χ4v) is 5.33. The summed E-state index contributed by atoms with van der Waals surface area (Å²) in [6.45, 7) is 0.410. The van der Waals surface area contributed by atoms with E-state index in [2.05, 4.69) is 10.3 Å². The molecule has 30 heavy (non-hydrogen) atoms. The number of nitrogens with zero attached hydrogens (tertiary/aromatic N) is 2. The van der Waals surface area contributed by atoms with Crippen LogP contribution in [-0.4, -0.2) is 27.7 Å². The Morgan fingerprint density at radius 2 is 1.70 bits per heavy atom. The Bertz CT molecular complexity index is 936. The summed E-state index contributed by atoms with van der Waals surface area (Å²) >= 11 is 3.16. The highest BCUT2D eigenvalue weighted by Crippen LogP contribution is 2.27. The number of pyridine rings is 1. The van der Waals surface area contributed by atoms with Gasteiger partial charge in [0.15, 0.2) is 0 Å². The molecule has 1 unspecified atom stereocenters. The molecule has 1 atom stereocenters. The van der Waals surface area contributed by atoms with Crippen molar-refractivity contribution in [2.45, 2.75) is 50.7 Å². The van der Waals surface area contributed by atoms with Gasteiger partial charge in [0.1, 0.15) is 6.04 Å². The number of rotatable bonds is 8. The average Bonchev–Trinajstić information content (AvgIpc) is 3.52. The Morgan fingerprint density at radius 1 is 1.03 bits per heavy atom. The van der Waals surface area contributed by atoms with Crippen molar-refractivity contribution >= 4 is 34.5 Å². The molecule has 0 spiro atoms. The normalized spacial score (nSPS) is 15.1. The monoisotopic (exact) mass is 439 g/mol. The van der Waals surface area contributed by atoms with Gasteiger partial charge in [0.2, 0.25) is 11.8 Å². The summed E-state index contributed by atoms with van der Waals surface area (Å²) in [5.74, 6) is -0.154. The maximum Gasteiger partial charge on any atom is 0.247 e. The van der Waals surface area contributed by atoms with Crippen molar-refractivity contribution in [2.24, 2.45) is 0 Å². The molecular formula is C23H25N3O2S2. The van der Waals surface area contributed by atoms with E-state index in [-0.39, 0.29) is 17.9 Å². The minimum atomic E-state index is -0.678. The molecular weight excluding hydrogens is 414 g/mol. The zero-order chi connectivity index (χ0) is 20.8. The van der Waals surface area contributed by atoms with Gasteiger partial charge >= 0.3 is 0 Å². The molecule has 2 amide bonds. The summed E-state index contributed by atoms with van der Waals surface area (Å²) in [6.07, 6.45) is 7.94. The van der Waals surface area contributed by atoms with E-state index < -0.39 is 6.04 Å². The molecule has 0 aliphatic heterocycles. The molecule has 7 heteroatoms. The molecule has 156 valence electrons. The van der Waals surface area contributed by atoms with Crippen LogP contribution in [0.3, 0.4) is 0 Å². The second kappa shape index (κ2) is 10.00. The number of hydrogen-bond donors (Lipinski definition) is 1. The van der Waals surface area contributed by atoms with Gasteiger partial charge in [0.05, 0.1) is 13.0 Å². The van der Waals surface area contributed by atoms with Crippen LogP contribution in [0.1, 0.15) is 47.0 Å². The van der Waals surface area contributed by atoms with Crippen molar-refractivity contribution in [3.63, 3.8) is 0 Å². The largest absolute Gasteiger partial charge is 0.351 e. The van der Waals surface area contributed by atoms with Gasteiger partial charge in [-0.2, -0.15) is 0 Å². The second-order valence-electron chi connectivity index (χ2n) is 7.53. The van der Waals surface area contributed by atoms with Gasteiger partial charge in [-0.1, -0.05) is 25.0 Å². The summed E-state index contributed by atoms with van der Waals surface area (Å²) in [6, 6.07) is 11.1. The van der Waals surface area contributed by atoms with Gasteiger partial charge < -0.3 is 10.2 Å². The van der Waals surface area contributed by atoms with Crippen molar-refractivity contribution < 1.29 is 9.59 Å². The first-order chi connectivity index (χ1) is 14.7. The van der Waals surface area contributed by atoms with Gasteiger partial charge in [-0.05, 0) is 53.4 Å². The van der Waals surface area contributed by atoms with Crippen LogP contribution in [0.5, 0.6) is 0 Å². The first kappa shape index (κ1) is 20.8. The minimum absolute atomic E-state index is 0.0470. The van der Waals surface area contributed by atoms with Crippen molar-refractivity contribution in [3.8, 4) is 0 Å². The maximum atomic E-state index is 13.5. The molecule has 1 fully saturated rings. The van der Waals surface area contributed by atoms with Crippen LogP contribution in [0.4, 0.5) is 0 Å². The quantitative estimate of drug-likeness (QED) is 0.559. The molecule has 0 aromatic carbocycles. The molecule has 3 heterocycles. The van der Waals surface area contributed by atoms with Gasteiger partial charge in [-0.25, -0.2) is 0 Å². The van der Waals surface area contributed by atoms with Crippen molar-refractivity contribution in [3.05, 3.63) is 74.9 Å². The van der Waals surface area contributed by atoms with E-state index in [1.807, 2.05) is 47.2 Å². The van der Waals surface area contributed by atoms with Crippen LogP contribution >= 0.6 is 22.7 Å². The first-order valence-corrected chi connectivity index (χ1v) is 12.0. The van der Waals surface area contributed by atoms with Gasteiger partial charge in [-0.3, -0.25) is 14.6 Å². The SMILES string of the molecule is O=C(NC1CCCC1)C(c1ccncc1)N(Cc1cccs1)C(=O)Cc1cccs1. The molecule has 1 N–H and O–H groups in total. The summed E-state index contributed by atoms with van der Waals surface area (Å²) in [5.41, 5.74) is 0.789. The first-order valence-electron chi connectivity index (χ1n) is 10.3. The zero-order valence-electron chi connectivity index (χ0n) is 16.7. The van der Waals surface area contributed by atoms with E-state index in [4.69, 9.17) is 0 Å². The summed E-state index contributed by atoms with van der Waals surface area (Å²) in [4.78, 5) is 34.8. The number of amides is 2. The lowest BCUT2D eigenvalue weighted by atomic mass is 10.0. The molecule has 4 rings (SSSR count). The van der Waals surface area contributed by atoms with E-state index in [1.165, 1.54) is 0 Å². The van der Waals surface area contributed by atoms with E-state index in [0.717, 1.165) is 41.0 Å². The highest BCUT2D eigenvalue weighted by molar-refractivity contribution is 7.10. The summed E-state index contributed by atoms with van der Waals surface area (Å²) < 4.78 is 0. The number of carbonyl (C=O) groups is 2. The maximum absolute atomic E-state index is 13.5. The van der Waals surface area contributed by atoms with Gasteiger partial charge in [0, 0.05) is 28.2 Å². The number of carbonyl (C=O) groups excluding carboxylic acids is 2. The topological polar surface area (TPSA) is 62.3 Å². The van der Waals surface area contributed by atoms with E-state index >= 15 is 0 Å². The summed E-state index contributed by atoms with van der Waals surface area (Å²) in [7, 11) is 0. The van der Waals surface area contributed by atoms with Crippen molar-refractivity contribution in [1.82, 2.24) is 15.2 Å². The van der Waals surface area contributed by atoms with Gasteiger partial charge in [0.25, 0.3) is 0 Å². The fourth-order valence-electron chi connectivity index (χ4n) is 3.93. The van der Waals surface area contributed by atoms with E-state index in [9.17, 15) is 9.59 Å². The number of nitrogens with one attached hydrogen (secondary N) is 1. The number of thiophene rings is 2. The second-order valence-corrected chi connectivity index (χ2v) is 9.59. The zero-order valence-corrected chi connectivity index (χ0v) is 18.3. The van der Waals surface area contributed by atoms with Crippen molar-refractivity contribution in [2.75, 3.05) is 0 Å². The van der Waals surface area contributed by atoms with Crippen LogP contribution in [-0.2, 0) is 22.6 Å². The standard InChI is InChI=1S/C23H25N3O2S2/c27-21(15-19-7-3-13-29-19)26(16-20-8-4-14-30-20)22(17-9-11-24-12-10-17)23(28)25-18-5-1-2-6-18/h3-4,7-14,18,22H,1-2,5-6,15-16H2,(H,25,28). The third-order valence-electron chi connectivity index (χ3n) is 5.42. The molecule has 1 saturated carbocycles. The predicted octanol–water partition coefficient (Wildman–Crippen LogP) is 4.58. The smallest absolute Gasteiger partial charge is 0.247 e. The lowest BCUT2D eigenvalue weighted by molar-refractivity contribution is -0.141. The molecule has 0 radical (unpaired) electrons. The number of hydrogen-bond acceptors (Lipinski definition) is 5. The fraction of sp³-hybridized carbons (Fsp3) is 0.348. The Labute approximate surface area is 184 Å². The third kappa shape index (κ3) is 5.15. The van der Waals surface area contributed by atoms with Crippen LogP contribution < -0.4 is 5.32 Å². The Balaban J connectivity index is 1.65. The highest BCUT2D eigenvalue weighted by Gasteiger charge is 2.33. The minimum Gasteiger partial charge on any atom is -0.351 e. The third-order valence-corrected chi connectivity index (χ3v) is 7.15. The molecule has 0 bridgehead atoms. The van der Waals surface area contributed by atoms with E-state index in [1.54, 1.807) is 40.0 Å². The summed E-state index contributed by atoms with van der Waals surface area (Å²) in [5, 5.41) is 7.17. The molecule has 3 aromatic rings. The lowest BCUT2D eigenvalue weighted by Crippen LogP contribution is -2.46. The van der Waals surface area contributed by atoms with Crippen LogP contribution in [0.15, 0.2) is 59.6 Å². The van der Waals surface area contributed by atoms with E-state index in [0.29, 0.717) is 13.0 Å². The van der Waals surface area contributed by atoms with Crippen LogP contribution in [0.25, 0.3) is 0 Å². The Morgan fingerprint density at radius 3 is 2.33 bits per heavy atom. The Hall–Kier alpha value is -2.51. The Kier molecular flexibility index (Phi) is 6.92. The highest BCUT2D eigenvalue weighted by atomic mass is 32.1. The van der Waals surface area contributed by atoms with Crippen LogP contribution in [0, 0.1) is 0 Å². The lowest BCUT2D eigenvalue weighted by Gasteiger charge is -2.32. The number of aromatic nitrogens is 1. The average molecular weight is 440 g/mol. The van der Waals surface area contributed by atoms with Gasteiger partial charge in [-0.15, -0.1) is 22.7 Å². The molecule has 0 saturated heterocycles. The molecule has 5 nitrogen and oxygen atoms in total. The van der Waals surface area contributed by atoms with Crippen molar-refractivity contribution in [1.29, 1.82) is 0 Å².